The second-order valence-corrected chi connectivity index (χ2v) is 6.19. The number of hydrogen-bond donors (Lipinski definition) is 0. The lowest BCUT2D eigenvalue weighted by atomic mass is 9.94. The zero-order valence-electron chi connectivity index (χ0n) is 14.0. The van der Waals surface area contributed by atoms with Crippen LogP contribution in [0, 0.1) is 5.92 Å². The maximum atomic E-state index is 12.6. The Labute approximate surface area is 132 Å². The van der Waals surface area contributed by atoms with Crippen molar-refractivity contribution in [1.29, 1.82) is 0 Å². The lowest BCUT2D eigenvalue weighted by Gasteiger charge is -2.08. The predicted molar refractivity (Wildman–Crippen MR) is 91.8 cm³/mol. The molecule has 1 heterocycles. The molecule has 0 saturated heterocycles. The van der Waals surface area contributed by atoms with E-state index >= 15 is 0 Å². The van der Waals surface area contributed by atoms with Gasteiger partial charge < -0.3 is 0 Å². The molecule has 22 heavy (non-hydrogen) atoms. The first-order valence-corrected chi connectivity index (χ1v) is 7.76. The van der Waals surface area contributed by atoms with Crippen LogP contribution in [0.2, 0.25) is 0 Å². The Morgan fingerprint density at radius 3 is 2.27 bits per heavy atom. The van der Waals surface area contributed by atoms with Crippen LogP contribution >= 0.6 is 0 Å². The van der Waals surface area contributed by atoms with Crippen LogP contribution in [0.5, 0.6) is 0 Å². The molecule has 0 aliphatic rings. The lowest BCUT2D eigenvalue weighted by molar-refractivity contribution is 0.0938. The molecule has 0 fully saturated rings. The Morgan fingerprint density at radius 1 is 1.09 bits per heavy atom. The number of ketones is 1. The van der Waals surface area contributed by atoms with Crippen LogP contribution in [-0.4, -0.2) is 15.6 Å². The number of aromatic nitrogens is 2. The average molecular weight is 296 g/mol. The first-order chi connectivity index (χ1) is 10.4. The number of benzene rings is 1. The van der Waals surface area contributed by atoms with E-state index in [1.54, 1.807) is 0 Å². The van der Waals surface area contributed by atoms with Gasteiger partial charge in [-0.05, 0) is 17.6 Å². The first kappa shape index (κ1) is 16.2. The van der Waals surface area contributed by atoms with Crippen molar-refractivity contribution in [2.24, 2.45) is 13.0 Å². The smallest absolute Gasteiger partial charge is 0.169 e. The maximum Gasteiger partial charge on any atom is 0.169 e. The minimum atomic E-state index is -0.0365. The summed E-state index contributed by atoms with van der Waals surface area (Å²) in [6.07, 6.45) is 4.02. The van der Waals surface area contributed by atoms with Gasteiger partial charge in [-0.2, -0.15) is 5.10 Å². The van der Waals surface area contributed by atoms with Gasteiger partial charge in [-0.1, -0.05) is 64.1 Å². The van der Waals surface area contributed by atoms with Crippen LogP contribution in [0.25, 0.3) is 12.2 Å². The van der Waals surface area contributed by atoms with Crippen molar-refractivity contribution in [3.05, 3.63) is 52.8 Å². The fraction of sp³-hybridized carbons (Fsp3) is 0.368. The van der Waals surface area contributed by atoms with Gasteiger partial charge >= 0.3 is 0 Å². The van der Waals surface area contributed by atoms with Crippen LogP contribution in [0.4, 0.5) is 0 Å². The quantitative estimate of drug-likeness (QED) is 0.758. The van der Waals surface area contributed by atoms with Crippen LogP contribution in [-0.2, 0) is 7.05 Å². The monoisotopic (exact) mass is 296 g/mol. The molecule has 0 spiro atoms. The van der Waals surface area contributed by atoms with Gasteiger partial charge in [-0.15, -0.1) is 0 Å². The fourth-order valence-electron chi connectivity index (χ4n) is 2.43. The van der Waals surface area contributed by atoms with Crippen LogP contribution in [0.15, 0.2) is 30.3 Å². The standard InChI is InChI=1S/C19H24N2O/c1-13(2)18-17(19(22)14(3)4)16(21(5)20-18)12-11-15-9-7-6-8-10-15/h6-14H,1-5H3/b12-11+. The van der Waals surface area contributed by atoms with Gasteiger partial charge in [0.05, 0.1) is 17.0 Å². The number of carbonyl (C=O) groups is 1. The summed E-state index contributed by atoms with van der Waals surface area (Å²) in [4.78, 5) is 12.6. The molecular weight excluding hydrogens is 272 g/mol. The Balaban J connectivity index is 2.50. The van der Waals surface area contributed by atoms with Gasteiger partial charge in [-0.3, -0.25) is 9.48 Å². The summed E-state index contributed by atoms with van der Waals surface area (Å²) in [6, 6.07) is 10.1. The zero-order valence-corrected chi connectivity index (χ0v) is 14.0. The molecule has 3 heteroatoms. The molecule has 3 nitrogen and oxygen atoms in total. The highest BCUT2D eigenvalue weighted by molar-refractivity contribution is 6.02. The number of rotatable bonds is 5. The van der Waals surface area contributed by atoms with Gasteiger partial charge in [0.1, 0.15) is 0 Å². The summed E-state index contributed by atoms with van der Waals surface area (Å²) < 4.78 is 1.81. The normalized spacial score (nSPS) is 11.8. The van der Waals surface area contributed by atoms with Gasteiger partial charge in [0.25, 0.3) is 0 Å². The molecule has 0 aliphatic carbocycles. The van der Waals surface area contributed by atoms with Crippen molar-refractivity contribution in [2.75, 3.05) is 0 Å². The molecule has 116 valence electrons. The fourth-order valence-corrected chi connectivity index (χ4v) is 2.43. The van der Waals surface area contributed by atoms with Crippen molar-refractivity contribution in [2.45, 2.75) is 33.6 Å². The van der Waals surface area contributed by atoms with Crippen LogP contribution in [0.3, 0.4) is 0 Å². The van der Waals surface area contributed by atoms with Crippen molar-refractivity contribution in [3.8, 4) is 0 Å². The topological polar surface area (TPSA) is 34.9 Å². The van der Waals surface area contributed by atoms with E-state index in [0.717, 1.165) is 22.5 Å². The summed E-state index contributed by atoms with van der Waals surface area (Å²) in [5, 5.41) is 4.57. The Bertz CT molecular complexity index is 679. The highest BCUT2D eigenvalue weighted by Crippen LogP contribution is 2.26. The third-order valence-electron chi connectivity index (χ3n) is 3.67. The molecule has 0 amide bonds. The largest absolute Gasteiger partial charge is 0.294 e. The predicted octanol–water partition coefficient (Wildman–Crippen LogP) is 4.55. The number of aryl methyl sites for hydroxylation is 1. The number of carbonyl (C=O) groups excluding carboxylic acids is 1. The lowest BCUT2D eigenvalue weighted by Crippen LogP contribution is -2.11. The second kappa shape index (κ2) is 6.73. The van der Waals surface area contributed by atoms with Crippen molar-refractivity contribution in [1.82, 2.24) is 9.78 Å². The van der Waals surface area contributed by atoms with E-state index in [1.165, 1.54) is 0 Å². The van der Waals surface area contributed by atoms with Crippen LogP contribution < -0.4 is 0 Å². The molecular formula is C19H24N2O. The highest BCUT2D eigenvalue weighted by atomic mass is 16.1. The van der Waals surface area contributed by atoms with Crippen molar-refractivity contribution in [3.63, 3.8) is 0 Å². The Kier molecular flexibility index (Phi) is 4.96. The van der Waals surface area contributed by atoms with Crippen LogP contribution in [0.1, 0.15) is 60.9 Å². The molecule has 1 aromatic carbocycles. The van der Waals surface area contributed by atoms with Crippen molar-refractivity contribution >= 4 is 17.9 Å². The zero-order chi connectivity index (χ0) is 16.3. The van der Waals surface area contributed by atoms with Crippen molar-refractivity contribution < 1.29 is 4.79 Å². The third-order valence-corrected chi connectivity index (χ3v) is 3.67. The molecule has 2 aromatic rings. The third kappa shape index (κ3) is 3.35. The number of hydrogen-bond acceptors (Lipinski definition) is 2. The molecule has 0 aliphatic heterocycles. The Morgan fingerprint density at radius 2 is 1.73 bits per heavy atom. The molecule has 0 bridgehead atoms. The molecule has 0 unspecified atom stereocenters. The van der Waals surface area contributed by atoms with Gasteiger partial charge in [0, 0.05) is 13.0 Å². The number of nitrogens with zero attached hydrogens (tertiary/aromatic N) is 2. The minimum absolute atomic E-state index is 0.0365. The van der Waals surface area contributed by atoms with Gasteiger partial charge in [0.2, 0.25) is 0 Å². The summed E-state index contributed by atoms with van der Waals surface area (Å²) in [7, 11) is 1.90. The molecule has 0 radical (unpaired) electrons. The van der Waals surface area contributed by atoms with E-state index in [9.17, 15) is 4.79 Å². The molecule has 2 rings (SSSR count). The molecule has 0 saturated carbocycles. The molecule has 0 atom stereocenters. The molecule has 0 N–H and O–H groups in total. The maximum absolute atomic E-state index is 12.6. The van der Waals surface area contributed by atoms with Gasteiger partial charge in [0.15, 0.2) is 5.78 Å². The highest BCUT2D eigenvalue weighted by Gasteiger charge is 2.24. The second-order valence-electron chi connectivity index (χ2n) is 6.19. The average Bonchev–Trinajstić information content (AvgIpc) is 2.82. The summed E-state index contributed by atoms with van der Waals surface area (Å²) in [5.41, 5.74) is 3.64. The summed E-state index contributed by atoms with van der Waals surface area (Å²) >= 11 is 0. The Hall–Kier alpha value is -2.16. The van der Waals surface area contributed by atoms with E-state index < -0.39 is 0 Å². The summed E-state index contributed by atoms with van der Waals surface area (Å²) in [6.45, 7) is 8.02. The van der Waals surface area contributed by atoms with E-state index in [4.69, 9.17) is 0 Å². The molecule has 1 aromatic heterocycles. The first-order valence-electron chi connectivity index (χ1n) is 7.76. The SMILES string of the molecule is CC(C)C(=O)c1c(C(C)C)nn(C)c1/C=C/c1ccccc1. The van der Waals surface area contributed by atoms with E-state index in [0.29, 0.717) is 0 Å². The van der Waals surface area contributed by atoms with E-state index in [-0.39, 0.29) is 17.6 Å². The summed E-state index contributed by atoms with van der Waals surface area (Å²) in [5.74, 6) is 0.345. The number of Topliss-reactive ketones (excluding diaryl/α,β-unsaturated/α-hetero) is 1. The van der Waals surface area contributed by atoms with E-state index in [1.807, 2.05) is 68.1 Å². The minimum Gasteiger partial charge on any atom is -0.294 e. The van der Waals surface area contributed by atoms with Gasteiger partial charge in [-0.25, -0.2) is 0 Å². The van der Waals surface area contributed by atoms with E-state index in [2.05, 4.69) is 18.9 Å².